The number of carbonyl (C=O) groups is 2. The second-order valence-corrected chi connectivity index (χ2v) is 11.1. The molecule has 2 fully saturated rings. The number of thiazole rings is 2. The molecule has 2 aliphatic rings. The summed E-state index contributed by atoms with van der Waals surface area (Å²) < 4.78 is 10.4. The first kappa shape index (κ1) is 29.6. The van der Waals surface area contributed by atoms with Gasteiger partial charge in [0.2, 0.25) is 0 Å². The lowest BCUT2D eigenvalue weighted by Crippen LogP contribution is -2.44. The first-order chi connectivity index (χ1) is 16.8. The topological polar surface area (TPSA) is 100 Å². The summed E-state index contributed by atoms with van der Waals surface area (Å²) in [4.78, 5) is 38.6. The molecule has 13 heteroatoms. The number of piperazine rings is 2. The lowest BCUT2D eigenvalue weighted by molar-refractivity contribution is 0.0522. The zero-order chi connectivity index (χ0) is 25.6. The molecule has 0 aromatic carbocycles. The number of nitrogens with zero attached hydrogens (tertiary/aromatic N) is 5. The largest absolute Gasteiger partial charge is 0.462 e. The Hall–Kier alpha value is -1.64. The van der Waals surface area contributed by atoms with Crippen molar-refractivity contribution in [2.24, 2.45) is 0 Å². The fourth-order valence-corrected chi connectivity index (χ4v) is 5.05. The van der Waals surface area contributed by atoms with Gasteiger partial charge in [0.25, 0.3) is 0 Å². The third-order valence-electron chi connectivity index (χ3n) is 5.04. The maximum Gasteiger partial charge on any atom is 0.350 e. The smallest absolute Gasteiger partial charge is 0.350 e. The van der Waals surface area contributed by atoms with E-state index < -0.39 is 0 Å². The Morgan fingerprint density at radius 1 is 0.886 bits per heavy atom. The molecule has 0 bridgehead atoms. The third kappa shape index (κ3) is 10.9. The number of aromatic nitrogens is 2. The zero-order valence-electron chi connectivity index (χ0n) is 20.8. The van der Waals surface area contributed by atoms with Gasteiger partial charge in [-0.15, -0.1) is 11.3 Å². The Morgan fingerprint density at radius 2 is 1.40 bits per heavy atom. The van der Waals surface area contributed by atoms with Crippen molar-refractivity contribution in [2.45, 2.75) is 13.8 Å². The molecule has 2 aromatic rings. The number of esters is 2. The zero-order valence-corrected chi connectivity index (χ0v) is 24.0. The first-order valence-electron chi connectivity index (χ1n) is 11.6. The van der Waals surface area contributed by atoms with E-state index in [0.29, 0.717) is 26.9 Å². The summed E-state index contributed by atoms with van der Waals surface area (Å²) in [5.41, 5.74) is 0. The number of nitrogens with one attached hydrogen (secondary N) is 1. The van der Waals surface area contributed by atoms with Gasteiger partial charge >= 0.3 is 11.9 Å². The van der Waals surface area contributed by atoms with Gasteiger partial charge in [-0.05, 0) is 43.9 Å². The Morgan fingerprint density at radius 3 is 1.86 bits per heavy atom. The van der Waals surface area contributed by atoms with Crippen molar-refractivity contribution in [3.05, 3.63) is 26.1 Å². The van der Waals surface area contributed by atoms with Gasteiger partial charge in [-0.25, -0.2) is 19.6 Å². The SMILES string of the molecule is CCOC(=O)c1cnc(Br)s1.CCOC(=O)c1cnc(N2CCN(C)CC2)s1.CN1CCNCC1. The second-order valence-electron chi connectivity index (χ2n) is 7.77. The molecule has 196 valence electrons. The van der Waals surface area contributed by atoms with E-state index in [2.05, 4.69) is 60.0 Å². The number of halogens is 1. The molecule has 2 aromatic heterocycles. The lowest BCUT2D eigenvalue weighted by atomic mass is 10.3. The highest BCUT2D eigenvalue weighted by molar-refractivity contribution is 9.11. The quantitative estimate of drug-likeness (QED) is 0.523. The predicted octanol–water partition coefficient (Wildman–Crippen LogP) is 2.68. The average molecular weight is 592 g/mol. The molecule has 4 rings (SSSR count). The summed E-state index contributed by atoms with van der Waals surface area (Å²) in [5, 5.41) is 4.19. The highest BCUT2D eigenvalue weighted by Gasteiger charge is 2.19. The molecular weight excluding hydrogens is 556 g/mol. The Labute approximate surface area is 223 Å². The van der Waals surface area contributed by atoms with E-state index >= 15 is 0 Å². The van der Waals surface area contributed by atoms with Crippen molar-refractivity contribution in [3.8, 4) is 0 Å². The van der Waals surface area contributed by atoms with Crippen LogP contribution >= 0.6 is 38.6 Å². The molecule has 1 N–H and O–H groups in total. The summed E-state index contributed by atoms with van der Waals surface area (Å²) in [7, 11) is 4.27. The summed E-state index contributed by atoms with van der Waals surface area (Å²) in [6.07, 6.45) is 3.10. The molecule has 0 saturated carbocycles. The molecule has 2 aliphatic heterocycles. The molecule has 35 heavy (non-hydrogen) atoms. The van der Waals surface area contributed by atoms with Crippen LogP contribution < -0.4 is 10.2 Å². The molecule has 0 amide bonds. The van der Waals surface area contributed by atoms with Crippen LogP contribution in [0.3, 0.4) is 0 Å². The van der Waals surface area contributed by atoms with E-state index in [4.69, 9.17) is 9.47 Å². The monoisotopic (exact) mass is 590 g/mol. The van der Waals surface area contributed by atoms with Crippen LogP contribution in [-0.2, 0) is 9.47 Å². The molecule has 0 radical (unpaired) electrons. The summed E-state index contributed by atoms with van der Waals surface area (Å²) in [5.74, 6) is -0.582. The van der Waals surface area contributed by atoms with Crippen LogP contribution in [0.5, 0.6) is 0 Å². The van der Waals surface area contributed by atoms with Crippen LogP contribution in [0.15, 0.2) is 16.3 Å². The van der Waals surface area contributed by atoms with Crippen molar-refractivity contribution in [1.29, 1.82) is 0 Å². The van der Waals surface area contributed by atoms with Gasteiger partial charge in [0, 0.05) is 52.4 Å². The van der Waals surface area contributed by atoms with Gasteiger partial charge < -0.3 is 29.5 Å². The van der Waals surface area contributed by atoms with Crippen LogP contribution in [-0.4, -0.2) is 111 Å². The van der Waals surface area contributed by atoms with Gasteiger partial charge in [-0.1, -0.05) is 11.3 Å². The number of hydrogen-bond acceptors (Lipinski definition) is 12. The number of rotatable bonds is 5. The van der Waals surface area contributed by atoms with E-state index in [9.17, 15) is 9.59 Å². The Bertz CT molecular complexity index is 898. The maximum atomic E-state index is 11.5. The van der Waals surface area contributed by atoms with Crippen LogP contribution in [0.1, 0.15) is 33.2 Å². The van der Waals surface area contributed by atoms with Crippen LogP contribution in [0.2, 0.25) is 0 Å². The van der Waals surface area contributed by atoms with Crippen molar-refractivity contribution >= 4 is 55.7 Å². The van der Waals surface area contributed by atoms with Crippen molar-refractivity contribution < 1.29 is 19.1 Å². The van der Waals surface area contributed by atoms with E-state index in [1.807, 2.05) is 0 Å². The minimum atomic E-state index is -0.310. The maximum absolute atomic E-state index is 11.5. The van der Waals surface area contributed by atoms with E-state index in [1.54, 1.807) is 20.0 Å². The molecule has 0 atom stereocenters. The van der Waals surface area contributed by atoms with Crippen molar-refractivity contribution in [2.75, 3.05) is 84.6 Å². The number of likely N-dealkylation sites (N-methyl/N-ethyl adjacent to an activating group) is 2. The molecule has 4 heterocycles. The number of ether oxygens (including phenoxy) is 2. The number of hydrogen-bond donors (Lipinski definition) is 1. The van der Waals surface area contributed by atoms with Crippen LogP contribution in [0, 0.1) is 0 Å². The average Bonchev–Trinajstić information content (AvgIpc) is 3.51. The Balaban J connectivity index is 0.000000205. The summed E-state index contributed by atoms with van der Waals surface area (Å²) >= 11 is 5.83. The van der Waals surface area contributed by atoms with Crippen molar-refractivity contribution in [1.82, 2.24) is 25.1 Å². The van der Waals surface area contributed by atoms with Crippen LogP contribution in [0.4, 0.5) is 5.13 Å². The molecule has 10 nitrogen and oxygen atoms in total. The first-order valence-corrected chi connectivity index (χ1v) is 14.0. The second kappa shape index (κ2) is 16.2. The van der Waals surface area contributed by atoms with Gasteiger partial charge in [0.1, 0.15) is 9.75 Å². The van der Waals surface area contributed by atoms with Gasteiger partial charge in [0.05, 0.1) is 25.6 Å². The minimum absolute atomic E-state index is 0.273. The van der Waals surface area contributed by atoms with Crippen molar-refractivity contribution in [3.63, 3.8) is 0 Å². The molecule has 2 saturated heterocycles. The van der Waals surface area contributed by atoms with E-state index in [-0.39, 0.29) is 11.9 Å². The normalized spacial score (nSPS) is 16.4. The predicted molar refractivity (Wildman–Crippen MR) is 144 cm³/mol. The standard InChI is InChI=1S/C11H17N3O2S.C6H6BrNO2S.C5H12N2/c1-3-16-10(15)9-8-12-11(17-9)14-6-4-13(2)5-7-14;1-2-10-5(9)4-3-8-6(7)11-4;1-7-4-2-6-3-5-7/h8H,3-7H2,1-2H3;3H,2H2,1H3;6H,2-5H2,1H3. The van der Waals surface area contributed by atoms with Crippen LogP contribution in [0.25, 0.3) is 0 Å². The van der Waals surface area contributed by atoms with Gasteiger partial charge in [-0.3, -0.25) is 0 Å². The van der Waals surface area contributed by atoms with E-state index in [0.717, 1.165) is 44.4 Å². The third-order valence-corrected chi connectivity index (χ3v) is 7.53. The molecular formula is C22H35BrN6O4S2. The fraction of sp³-hybridized carbons (Fsp3) is 0.636. The number of carbonyl (C=O) groups excluding carboxylic acids is 2. The molecule has 0 aliphatic carbocycles. The van der Waals surface area contributed by atoms with Gasteiger partial charge in [-0.2, -0.15) is 0 Å². The van der Waals surface area contributed by atoms with Gasteiger partial charge in [0.15, 0.2) is 9.05 Å². The Kier molecular flexibility index (Phi) is 13.7. The fourth-order valence-electron chi connectivity index (χ4n) is 3.03. The summed E-state index contributed by atoms with van der Waals surface area (Å²) in [6, 6.07) is 0. The highest BCUT2D eigenvalue weighted by Crippen LogP contribution is 2.24. The molecule has 0 unspecified atom stereocenters. The lowest BCUT2D eigenvalue weighted by Gasteiger charge is -2.31. The highest BCUT2D eigenvalue weighted by atomic mass is 79.9. The number of anilines is 1. The van der Waals surface area contributed by atoms with E-state index in [1.165, 1.54) is 42.0 Å². The minimum Gasteiger partial charge on any atom is -0.462 e. The molecule has 0 spiro atoms. The summed E-state index contributed by atoms with van der Waals surface area (Å²) in [6.45, 7) is 13.1.